The lowest BCUT2D eigenvalue weighted by atomic mass is 9.98. The Hall–Kier alpha value is -4.35. The number of rotatable bonds is 9. The Labute approximate surface area is 220 Å². The second-order valence-electron chi connectivity index (χ2n) is 8.09. The topological polar surface area (TPSA) is 97.1 Å². The Kier molecular flexibility index (Phi) is 8.39. The summed E-state index contributed by atoms with van der Waals surface area (Å²) in [6, 6.07) is 24.9. The predicted molar refractivity (Wildman–Crippen MR) is 146 cm³/mol. The van der Waals surface area contributed by atoms with Gasteiger partial charge in [-0.25, -0.2) is 9.97 Å². The molecule has 0 saturated heterocycles. The van der Waals surface area contributed by atoms with Crippen molar-refractivity contribution in [3.8, 4) is 40.0 Å². The number of thioether (sulfide) groups is 1. The van der Waals surface area contributed by atoms with Gasteiger partial charge in [0.2, 0.25) is 5.91 Å². The van der Waals surface area contributed by atoms with E-state index in [1.54, 1.807) is 20.3 Å². The quantitative estimate of drug-likeness (QED) is 0.271. The van der Waals surface area contributed by atoms with Crippen LogP contribution in [0.15, 0.2) is 77.8 Å². The summed E-state index contributed by atoms with van der Waals surface area (Å²) in [5.74, 6) is 2.06. The molecule has 186 valence electrons. The molecular formula is C29H26N4O3S. The van der Waals surface area contributed by atoms with Gasteiger partial charge in [-0.15, -0.1) is 11.8 Å². The first-order valence-corrected chi connectivity index (χ1v) is 12.6. The molecule has 2 aromatic carbocycles. The van der Waals surface area contributed by atoms with Gasteiger partial charge < -0.3 is 14.8 Å². The normalized spacial score (nSPS) is 10.4. The summed E-state index contributed by atoms with van der Waals surface area (Å²) < 4.78 is 11.0. The van der Waals surface area contributed by atoms with E-state index in [4.69, 9.17) is 14.5 Å². The molecule has 0 aliphatic heterocycles. The number of anilines is 1. The third-order valence-corrected chi connectivity index (χ3v) is 6.57. The van der Waals surface area contributed by atoms with E-state index in [-0.39, 0.29) is 12.3 Å². The second-order valence-corrected chi connectivity index (χ2v) is 9.17. The lowest BCUT2D eigenvalue weighted by molar-refractivity contribution is -0.115. The van der Waals surface area contributed by atoms with Crippen molar-refractivity contribution in [2.75, 3.05) is 25.3 Å². The van der Waals surface area contributed by atoms with E-state index >= 15 is 0 Å². The molecule has 0 aliphatic carbocycles. The minimum atomic E-state index is -0.155. The molecule has 2 heterocycles. The molecule has 0 radical (unpaired) electrons. The summed E-state index contributed by atoms with van der Waals surface area (Å²) >= 11 is 1.37. The van der Waals surface area contributed by atoms with Gasteiger partial charge >= 0.3 is 0 Å². The highest BCUT2D eigenvalue weighted by molar-refractivity contribution is 7.99. The van der Waals surface area contributed by atoms with Gasteiger partial charge in [-0.05, 0) is 43.3 Å². The molecule has 0 aliphatic rings. The Morgan fingerprint density at radius 2 is 1.78 bits per heavy atom. The van der Waals surface area contributed by atoms with Crippen molar-refractivity contribution in [3.05, 3.63) is 84.1 Å². The number of carbonyl (C=O) groups excluding carboxylic acids is 1. The zero-order chi connectivity index (χ0) is 26.2. The maximum absolute atomic E-state index is 12.5. The van der Waals surface area contributed by atoms with Crippen LogP contribution in [0.2, 0.25) is 0 Å². The number of methoxy groups -OCH3 is 2. The molecule has 4 aromatic rings. The first kappa shape index (κ1) is 25.7. The average Bonchev–Trinajstić information content (AvgIpc) is 2.92. The summed E-state index contributed by atoms with van der Waals surface area (Å²) in [6.45, 7) is 1.87. The summed E-state index contributed by atoms with van der Waals surface area (Å²) in [7, 11) is 3.19. The number of benzene rings is 2. The Balaban J connectivity index is 1.68. The van der Waals surface area contributed by atoms with Crippen LogP contribution in [0.5, 0.6) is 11.5 Å². The zero-order valence-electron chi connectivity index (χ0n) is 20.8. The van der Waals surface area contributed by atoms with Crippen molar-refractivity contribution in [2.24, 2.45) is 0 Å². The fourth-order valence-electron chi connectivity index (χ4n) is 3.79. The number of aromatic nitrogens is 2. The van der Waals surface area contributed by atoms with E-state index in [2.05, 4.69) is 16.4 Å². The highest BCUT2D eigenvalue weighted by atomic mass is 32.2. The first-order chi connectivity index (χ1) is 18.0. The van der Waals surface area contributed by atoms with Crippen LogP contribution in [0.25, 0.3) is 22.4 Å². The van der Waals surface area contributed by atoms with Crippen molar-refractivity contribution in [2.45, 2.75) is 18.4 Å². The van der Waals surface area contributed by atoms with Gasteiger partial charge in [0.1, 0.15) is 28.4 Å². The molecule has 0 fully saturated rings. The van der Waals surface area contributed by atoms with Gasteiger partial charge in [0.25, 0.3) is 0 Å². The number of hydrogen-bond donors (Lipinski definition) is 1. The summed E-state index contributed by atoms with van der Waals surface area (Å²) in [6.07, 6.45) is 0.236. The van der Waals surface area contributed by atoms with Crippen LogP contribution < -0.4 is 14.8 Å². The Morgan fingerprint density at radius 3 is 2.49 bits per heavy atom. The van der Waals surface area contributed by atoms with Crippen molar-refractivity contribution >= 4 is 23.5 Å². The molecule has 4 rings (SSSR count). The molecule has 0 unspecified atom stereocenters. The van der Waals surface area contributed by atoms with Crippen LogP contribution in [-0.4, -0.2) is 35.8 Å². The number of aryl methyl sites for hydroxylation is 1. The second kappa shape index (κ2) is 12.1. The minimum Gasteiger partial charge on any atom is -0.497 e. The van der Waals surface area contributed by atoms with Crippen molar-refractivity contribution in [1.82, 2.24) is 9.97 Å². The van der Waals surface area contributed by atoms with Gasteiger partial charge in [0, 0.05) is 34.6 Å². The molecular weight excluding hydrogens is 484 g/mol. The number of pyridine rings is 2. The molecule has 2 aromatic heterocycles. The van der Waals surface area contributed by atoms with Crippen LogP contribution in [0.3, 0.4) is 0 Å². The molecule has 1 N–H and O–H groups in total. The highest BCUT2D eigenvalue weighted by Crippen LogP contribution is 2.40. The highest BCUT2D eigenvalue weighted by Gasteiger charge is 2.19. The number of nitrogens with zero attached hydrogens (tertiary/aromatic N) is 3. The van der Waals surface area contributed by atoms with Crippen molar-refractivity contribution in [1.29, 1.82) is 5.26 Å². The average molecular weight is 511 g/mol. The number of hydrogen-bond acceptors (Lipinski definition) is 7. The van der Waals surface area contributed by atoms with E-state index in [0.29, 0.717) is 39.2 Å². The van der Waals surface area contributed by atoms with Crippen LogP contribution >= 0.6 is 11.8 Å². The van der Waals surface area contributed by atoms with Crippen LogP contribution in [0.1, 0.15) is 17.7 Å². The molecule has 37 heavy (non-hydrogen) atoms. The van der Waals surface area contributed by atoms with Crippen molar-refractivity contribution < 1.29 is 14.3 Å². The first-order valence-electron chi connectivity index (χ1n) is 11.6. The molecule has 8 heteroatoms. The Morgan fingerprint density at radius 1 is 0.973 bits per heavy atom. The van der Waals surface area contributed by atoms with E-state index in [9.17, 15) is 10.1 Å². The lowest BCUT2D eigenvalue weighted by Crippen LogP contribution is -2.13. The molecule has 0 atom stereocenters. The molecule has 7 nitrogen and oxygen atoms in total. The summed E-state index contributed by atoms with van der Waals surface area (Å²) in [5, 5.41) is 13.5. The van der Waals surface area contributed by atoms with Gasteiger partial charge in [-0.2, -0.15) is 5.26 Å². The number of amides is 1. The SMILES string of the molecule is COc1ccc(OC)c(-c2cc(-c3ccccc3)nc(SCCC(=O)Nc3cccc(C)n3)c2C#N)c1. The fourth-order valence-corrected chi connectivity index (χ4v) is 4.73. The number of ether oxygens (including phenoxy) is 2. The third-order valence-electron chi connectivity index (χ3n) is 5.59. The standard InChI is InChI=1S/C29H26N4O3S/c1-19-8-7-11-27(31-19)33-28(34)14-15-37-29-24(18-30)22(17-25(32-29)20-9-5-4-6-10-20)23-16-21(35-2)12-13-26(23)36-3/h4-13,16-17H,14-15H2,1-3H3,(H,31,33,34). The predicted octanol–water partition coefficient (Wildman–Crippen LogP) is 6.13. The van der Waals surface area contributed by atoms with E-state index in [1.165, 1.54) is 11.8 Å². The maximum Gasteiger partial charge on any atom is 0.226 e. The molecule has 0 spiro atoms. The van der Waals surface area contributed by atoms with Gasteiger partial charge in [-0.3, -0.25) is 4.79 Å². The van der Waals surface area contributed by atoms with Gasteiger partial charge in [0.15, 0.2) is 0 Å². The molecule has 0 saturated carbocycles. The summed E-state index contributed by atoms with van der Waals surface area (Å²) in [5.41, 5.74) is 4.28. The summed E-state index contributed by atoms with van der Waals surface area (Å²) in [4.78, 5) is 21.6. The number of nitrogens with one attached hydrogen (secondary N) is 1. The lowest BCUT2D eigenvalue weighted by Gasteiger charge is -2.15. The van der Waals surface area contributed by atoms with Crippen LogP contribution in [-0.2, 0) is 4.79 Å². The van der Waals surface area contributed by atoms with E-state index < -0.39 is 0 Å². The van der Waals surface area contributed by atoms with Crippen molar-refractivity contribution in [3.63, 3.8) is 0 Å². The number of nitriles is 1. The van der Waals surface area contributed by atoms with E-state index in [0.717, 1.165) is 22.5 Å². The minimum absolute atomic E-state index is 0.155. The fraction of sp³-hybridized carbons (Fsp3) is 0.172. The molecule has 1 amide bonds. The van der Waals surface area contributed by atoms with Crippen LogP contribution in [0, 0.1) is 18.3 Å². The smallest absolute Gasteiger partial charge is 0.226 e. The number of carbonyl (C=O) groups is 1. The van der Waals surface area contributed by atoms with Gasteiger partial charge in [0.05, 0.1) is 25.5 Å². The Bertz CT molecular complexity index is 1450. The molecule has 0 bridgehead atoms. The van der Waals surface area contributed by atoms with Gasteiger partial charge in [-0.1, -0.05) is 36.4 Å². The zero-order valence-corrected chi connectivity index (χ0v) is 21.6. The van der Waals surface area contributed by atoms with E-state index in [1.807, 2.05) is 73.7 Å². The monoisotopic (exact) mass is 510 g/mol. The van der Waals surface area contributed by atoms with Crippen LogP contribution in [0.4, 0.5) is 5.82 Å². The largest absolute Gasteiger partial charge is 0.497 e. The maximum atomic E-state index is 12.5. The third kappa shape index (κ3) is 6.26.